The van der Waals surface area contributed by atoms with Crippen LogP contribution in [0.5, 0.6) is 0 Å². The largest absolute Gasteiger partial charge is 0.341 e. The van der Waals surface area contributed by atoms with Crippen molar-refractivity contribution in [1.29, 1.82) is 0 Å². The average molecular weight is 361 g/mol. The second kappa shape index (κ2) is 6.24. The van der Waals surface area contributed by atoms with E-state index in [2.05, 4.69) is 20.7 Å². The third-order valence-corrected chi connectivity index (χ3v) is 5.21. The number of benzene rings is 1. The molecule has 0 spiro atoms. The smallest absolute Gasteiger partial charge is 0.240 e. The molecule has 1 fully saturated rings. The van der Waals surface area contributed by atoms with Crippen LogP contribution in [0, 0.1) is 0 Å². The van der Waals surface area contributed by atoms with Crippen molar-refractivity contribution in [3.05, 3.63) is 28.7 Å². The first-order valence-electron chi connectivity index (χ1n) is 6.44. The number of hydrogen-bond donors (Lipinski definition) is 1. The maximum absolute atomic E-state index is 12.2. The Balaban J connectivity index is 2.02. The molecule has 110 valence electrons. The van der Waals surface area contributed by atoms with Gasteiger partial charge < -0.3 is 4.90 Å². The molecule has 0 aliphatic carbocycles. The molecule has 0 radical (unpaired) electrons. The summed E-state index contributed by atoms with van der Waals surface area (Å²) in [5.74, 6) is 0.0958. The molecule has 1 atom stereocenters. The lowest BCUT2D eigenvalue weighted by atomic mass is 10.3. The highest BCUT2D eigenvalue weighted by Gasteiger charge is 2.24. The first kappa shape index (κ1) is 15.5. The lowest BCUT2D eigenvalue weighted by Gasteiger charge is -2.21. The Labute approximate surface area is 127 Å². The highest BCUT2D eigenvalue weighted by Crippen LogP contribution is 2.16. The number of nitrogens with zero attached hydrogens (tertiary/aromatic N) is 1. The summed E-state index contributed by atoms with van der Waals surface area (Å²) in [6.07, 6.45) is 1.41. The van der Waals surface area contributed by atoms with Crippen LogP contribution in [0.4, 0.5) is 0 Å². The summed E-state index contributed by atoms with van der Waals surface area (Å²) in [6, 6.07) is 6.22. The highest BCUT2D eigenvalue weighted by atomic mass is 79.9. The van der Waals surface area contributed by atoms with E-state index >= 15 is 0 Å². The molecular weight excluding hydrogens is 344 g/mol. The summed E-state index contributed by atoms with van der Waals surface area (Å²) in [7, 11) is -3.56. The first-order chi connectivity index (χ1) is 9.38. The summed E-state index contributed by atoms with van der Waals surface area (Å²) < 4.78 is 27.7. The molecule has 2 rings (SSSR count). The maximum atomic E-state index is 12.2. The van der Waals surface area contributed by atoms with E-state index < -0.39 is 10.0 Å². The molecule has 1 aromatic rings. The molecule has 1 saturated heterocycles. The van der Waals surface area contributed by atoms with Crippen LogP contribution in [0.3, 0.4) is 0 Å². The monoisotopic (exact) mass is 360 g/mol. The van der Waals surface area contributed by atoms with E-state index in [0.717, 1.165) is 6.42 Å². The van der Waals surface area contributed by atoms with E-state index in [1.807, 2.05) is 0 Å². The second-order valence-corrected chi connectivity index (χ2v) is 7.55. The third kappa shape index (κ3) is 3.80. The Morgan fingerprint density at radius 1 is 1.45 bits per heavy atom. The van der Waals surface area contributed by atoms with Crippen LogP contribution in [0.1, 0.15) is 19.8 Å². The molecule has 0 bridgehead atoms. The van der Waals surface area contributed by atoms with Crippen LogP contribution < -0.4 is 4.72 Å². The normalized spacial score (nSPS) is 17.5. The molecule has 1 aromatic carbocycles. The Kier molecular flexibility index (Phi) is 4.82. The van der Waals surface area contributed by atoms with Gasteiger partial charge in [-0.25, -0.2) is 13.1 Å². The van der Waals surface area contributed by atoms with Gasteiger partial charge in [0.1, 0.15) is 0 Å². The van der Waals surface area contributed by atoms with Crippen molar-refractivity contribution in [2.75, 3.05) is 13.1 Å². The first-order valence-corrected chi connectivity index (χ1v) is 8.72. The Bertz CT molecular complexity index is 603. The number of amides is 1. The van der Waals surface area contributed by atoms with Gasteiger partial charge in [-0.05, 0) is 31.5 Å². The number of hydrogen-bond acceptors (Lipinski definition) is 3. The SMILES string of the molecule is CC(CN1CCCC1=O)NS(=O)(=O)c1cccc(Br)c1. The van der Waals surface area contributed by atoms with Crippen molar-refractivity contribution in [1.82, 2.24) is 9.62 Å². The number of carbonyl (C=O) groups is 1. The van der Waals surface area contributed by atoms with Gasteiger partial charge in [0.25, 0.3) is 0 Å². The van der Waals surface area contributed by atoms with Crippen molar-refractivity contribution >= 4 is 31.9 Å². The molecule has 5 nitrogen and oxygen atoms in total. The molecule has 0 aromatic heterocycles. The van der Waals surface area contributed by atoms with Crippen molar-refractivity contribution in [2.24, 2.45) is 0 Å². The zero-order valence-electron chi connectivity index (χ0n) is 11.2. The summed E-state index contributed by atoms with van der Waals surface area (Å²) in [5.41, 5.74) is 0. The highest BCUT2D eigenvalue weighted by molar-refractivity contribution is 9.10. The maximum Gasteiger partial charge on any atom is 0.240 e. The topological polar surface area (TPSA) is 66.5 Å². The number of rotatable bonds is 5. The standard InChI is InChI=1S/C13H17BrN2O3S/c1-10(9-16-7-3-6-13(16)17)15-20(18,19)12-5-2-4-11(14)8-12/h2,4-5,8,10,15H,3,6-7,9H2,1H3. The van der Waals surface area contributed by atoms with Crippen LogP contribution in [0.2, 0.25) is 0 Å². The fraction of sp³-hybridized carbons (Fsp3) is 0.462. The zero-order chi connectivity index (χ0) is 14.8. The predicted molar refractivity (Wildman–Crippen MR) is 79.7 cm³/mol. The predicted octanol–water partition coefficient (Wildman–Crippen LogP) is 1.74. The summed E-state index contributed by atoms with van der Waals surface area (Å²) in [5, 5.41) is 0. The van der Waals surface area contributed by atoms with Gasteiger partial charge in [0.15, 0.2) is 0 Å². The molecule has 0 saturated carbocycles. The van der Waals surface area contributed by atoms with Crippen molar-refractivity contribution in [3.8, 4) is 0 Å². The molecule has 1 aliphatic rings. The fourth-order valence-electron chi connectivity index (χ4n) is 2.23. The average Bonchev–Trinajstić information content (AvgIpc) is 2.74. The summed E-state index contributed by atoms with van der Waals surface area (Å²) in [6.45, 7) is 2.88. The molecule has 1 aliphatic heterocycles. The van der Waals surface area contributed by atoms with Gasteiger partial charge >= 0.3 is 0 Å². The van der Waals surface area contributed by atoms with E-state index in [1.54, 1.807) is 36.1 Å². The summed E-state index contributed by atoms with van der Waals surface area (Å²) >= 11 is 3.25. The van der Waals surface area contributed by atoms with Gasteiger partial charge in [-0.15, -0.1) is 0 Å². The zero-order valence-corrected chi connectivity index (χ0v) is 13.6. The number of nitrogens with one attached hydrogen (secondary N) is 1. The van der Waals surface area contributed by atoms with Gasteiger partial charge in [-0.3, -0.25) is 4.79 Å². The molecular formula is C13H17BrN2O3S. The number of likely N-dealkylation sites (tertiary alicyclic amines) is 1. The van der Waals surface area contributed by atoms with Crippen LogP contribution in [0.15, 0.2) is 33.6 Å². The van der Waals surface area contributed by atoms with E-state index in [9.17, 15) is 13.2 Å². The molecule has 1 unspecified atom stereocenters. The molecule has 7 heteroatoms. The van der Waals surface area contributed by atoms with Crippen molar-refractivity contribution in [2.45, 2.75) is 30.7 Å². The molecule has 1 amide bonds. The van der Waals surface area contributed by atoms with Gasteiger partial charge in [0, 0.05) is 30.0 Å². The van der Waals surface area contributed by atoms with Gasteiger partial charge in [0.2, 0.25) is 15.9 Å². The Morgan fingerprint density at radius 2 is 2.20 bits per heavy atom. The molecule has 1 N–H and O–H groups in total. The van der Waals surface area contributed by atoms with Gasteiger partial charge in [-0.2, -0.15) is 0 Å². The van der Waals surface area contributed by atoms with Crippen LogP contribution in [-0.4, -0.2) is 38.4 Å². The lowest BCUT2D eigenvalue weighted by molar-refractivity contribution is -0.127. The van der Waals surface area contributed by atoms with Crippen LogP contribution in [-0.2, 0) is 14.8 Å². The second-order valence-electron chi connectivity index (χ2n) is 4.92. The molecule has 20 heavy (non-hydrogen) atoms. The number of carbonyl (C=O) groups excluding carboxylic acids is 1. The van der Waals surface area contributed by atoms with E-state index in [1.165, 1.54) is 0 Å². The number of halogens is 1. The molecule has 1 heterocycles. The minimum Gasteiger partial charge on any atom is -0.341 e. The minimum absolute atomic E-state index is 0.0958. The Morgan fingerprint density at radius 3 is 2.80 bits per heavy atom. The van der Waals surface area contributed by atoms with Gasteiger partial charge in [0.05, 0.1) is 4.90 Å². The van der Waals surface area contributed by atoms with E-state index in [-0.39, 0.29) is 16.8 Å². The fourth-order valence-corrected chi connectivity index (χ4v) is 4.06. The lowest BCUT2D eigenvalue weighted by Crippen LogP contribution is -2.42. The summed E-state index contributed by atoms with van der Waals surface area (Å²) in [4.78, 5) is 13.4. The minimum atomic E-state index is -3.56. The van der Waals surface area contributed by atoms with Crippen molar-refractivity contribution in [3.63, 3.8) is 0 Å². The quantitative estimate of drug-likeness (QED) is 0.869. The number of sulfonamides is 1. The van der Waals surface area contributed by atoms with Crippen LogP contribution in [0.25, 0.3) is 0 Å². The Hall–Kier alpha value is -0.920. The third-order valence-electron chi connectivity index (χ3n) is 3.13. The van der Waals surface area contributed by atoms with Crippen molar-refractivity contribution < 1.29 is 13.2 Å². The van der Waals surface area contributed by atoms with Gasteiger partial charge in [-0.1, -0.05) is 22.0 Å². The van der Waals surface area contributed by atoms with E-state index in [4.69, 9.17) is 0 Å². The van der Waals surface area contributed by atoms with E-state index in [0.29, 0.717) is 24.0 Å². The van der Waals surface area contributed by atoms with Crippen LogP contribution >= 0.6 is 15.9 Å².